The minimum Gasteiger partial charge on any atom is -0.454 e. The monoisotopic (exact) mass is 401 g/mol. The van der Waals surface area contributed by atoms with Crippen LogP contribution in [0.25, 0.3) is 0 Å². The van der Waals surface area contributed by atoms with Gasteiger partial charge in [0.1, 0.15) is 10.6 Å². The van der Waals surface area contributed by atoms with Crippen LogP contribution in [0, 0.1) is 6.92 Å². The van der Waals surface area contributed by atoms with Crippen molar-refractivity contribution in [2.75, 3.05) is 37.4 Å². The molecule has 0 aromatic heterocycles. The molecule has 4 rings (SSSR count). The molecule has 0 atom stereocenters. The predicted molar refractivity (Wildman–Crippen MR) is 108 cm³/mol. The van der Waals surface area contributed by atoms with E-state index in [2.05, 4.69) is 5.32 Å². The van der Waals surface area contributed by atoms with E-state index in [0.29, 0.717) is 22.9 Å². The number of amides is 1. The SMILES string of the molecule is Cc1ccc2c(c1)NC(=O)c1cc(S(=O)(=O)N(C)C)c(N3CCCC3)cc1O2. The van der Waals surface area contributed by atoms with Crippen molar-refractivity contribution >= 4 is 27.3 Å². The predicted octanol–water partition coefficient (Wildman–Crippen LogP) is 3.20. The first-order valence-electron chi connectivity index (χ1n) is 9.23. The average Bonchev–Trinajstić information content (AvgIpc) is 3.13. The van der Waals surface area contributed by atoms with E-state index < -0.39 is 10.0 Å². The third kappa shape index (κ3) is 3.12. The topological polar surface area (TPSA) is 79.0 Å². The normalized spacial score (nSPS) is 16.3. The van der Waals surface area contributed by atoms with Crippen LogP contribution >= 0.6 is 0 Å². The Bertz CT molecular complexity index is 1060. The van der Waals surface area contributed by atoms with E-state index in [4.69, 9.17) is 4.74 Å². The van der Waals surface area contributed by atoms with Gasteiger partial charge in [0.15, 0.2) is 5.75 Å². The summed E-state index contributed by atoms with van der Waals surface area (Å²) in [6.07, 6.45) is 2.00. The van der Waals surface area contributed by atoms with Gasteiger partial charge in [-0.2, -0.15) is 0 Å². The quantitative estimate of drug-likeness (QED) is 0.854. The third-order valence-corrected chi connectivity index (χ3v) is 6.96. The fourth-order valence-corrected chi connectivity index (χ4v) is 4.67. The lowest BCUT2D eigenvalue weighted by Gasteiger charge is -2.24. The number of benzene rings is 2. The molecule has 1 saturated heterocycles. The van der Waals surface area contributed by atoms with Crippen LogP contribution in [0.1, 0.15) is 28.8 Å². The number of rotatable bonds is 3. The summed E-state index contributed by atoms with van der Waals surface area (Å²) in [6.45, 7) is 3.48. The summed E-state index contributed by atoms with van der Waals surface area (Å²) in [5, 5.41) is 2.83. The Morgan fingerprint density at radius 2 is 1.79 bits per heavy atom. The number of carbonyl (C=O) groups is 1. The van der Waals surface area contributed by atoms with Crippen molar-refractivity contribution in [2.24, 2.45) is 0 Å². The lowest BCUT2D eigenvalue weighted by atomic mass is 10.1. The molecular weight excluding hydrogens is 378 g/mol. The summed E-state index contributed by atoms with van der Waals surface area (Å²) in [5.74, 6) is 0.510. The summed E-state index contributed by atoms with van der Waals surface area (Å²) >= 11 is 0. The second kappa shape index (κ2) is 6.79. The van der Waals surface area contributed by atoms with E-state index in [1.165, 1.54) is 24.5 Å². The van der Waals surface area contributed by atoms with Crippen molar-refractivity contribution in [3.8, 4) is 11.5 Å². The molecule has 1 fully saturated rings. The molecule has 2 aromatic rings. The molecule has 0 bridgehead atoms. The molecule has 2 aromatic carbocycles. The highest BCUT2D eigenvalue weighted by atomic mass is 32.2. The van der Waals surface area contributed by atoms with Gasteiger partial charge in [-0.3, -0.25) is 4.79 Å². The highest BCUT2D eigenvalue weighted by Gasteiger charge is 2.31. The summed E-state index contributed by atoms with van der Waals surface area (Å²) in [4.78, 5) is 15.0. The first kappa shape index (κ1) is 18.8. The van der Waals surface area contributed by atoms with Crippen LogP contribution in [0.2, 0.25) is 0 Å². The zero-order valence-corrected chi connectivity index (χ0v) is 17.0. The maximum Gasteiger partial charge on any atom is 0.259 e. The molecule has 0 radical (unpaired) electrons. The van der Waals surface area contributed by atoms with Gasteiger partial charge >= 0.3 is 0 Å². The highest BCUT2D eigenvalue weighted by molar-refractivity contribution is 7.89. The Balaban J connectivity index is 1.91. The Morgan fingerprint density at radius 3 is 2.46 bits per heavy atom. The number of carbonyl (C=O) groups excluding carboxylic acids is 1. The van der Waals surface area contributed by atoms with Crippen LogP contribution in [0.3, 0.4) is 0 Å². The van der Waals surface area contributed by atoms with E-state index in [1.54, 1.807) is 12.1 Å². The van der Waals surface area contributed by atoms with Gasteiger partial charge in [0.2, 0.25) is 10.0 Å². The number of nitrogens with zero attached hydrogens (tertiary/aromatic N) is 2. The van der Waals surface area contributed by atoms with Gasteiger partial charge in [-0.05, 0) is 43.5 Å². The van der Waals surface area contributed by atoms with E-state index in [1.807, 2.05) is 24.0 Å². The van der Waals surface area contributed by atoms with Gasteiger partial charge in [0.25, 0.3) is 5.91 Å². The van der Waals surface area contributed by atoms with Crippen LogP contribution in [0.5, 0.6) is 11.5 Å². The standard InChI is InChI=1S/C20H23N3O4S/c1-13-6-7-17-15(10-13)21-20(24)14-11-19(28(25,26)22(2)3)16(12-18(14)27-17)23-8-4-5-9-23/h6-7,10-12H,4-5,8-9H2,1-3H3,(H,21,24). The first-order valence-corrected chi connectivity index (χ1v) is 10.7. The van der Waals surface area contributed by atoms with Crippen molar-refractivity contribution in [1.82, 2.24) is 4.31 Å². The van der Waals surface area contributed by atoms with E-state index in [9.17, 15) is 13.2 Å². The molecule has 1 amide bonds. The summed E-state index contributed by atoms with van der Waals surface area (Å²) in [6, 6.07) is 8.66. The largest absolute Gasteiger partial charge is 0.454 e. The van der Waals surface area contributed by atoms with Crippen molar-refractivity contribution in [2.45, 2.75) is 24.7 Å². The molecule has 148 valence electrons. The Labute approximate surface area is 165 Å². The first-order chi connectivity index (χ1) is 13.3. The Hall–Kier alpha value is -2.58. The number of nitrogens with one attached hydrogen (secondary N) is 1. The molecule has 2 aliphatic rings. The number of hydrogen-bond acceptors (Lipinski definition) is 5. The number of anilines is 2. The second-order valence-corrected chi connectivity index (χ2v) is 9.47. The number of sulfonamides is 1. The molecular formula is C20H23N3O4S. The molecule has 0 unspecified atom stereocenters. The molecule has 7 nitrogen and oxygen atoms in total. The summed E-state index contributed by atoms with van der Waals surface area (Å²) in [5.41, 5.74) is 2.34. The van der Waals surface area contributed by atoms with Crippen LogP contribution in [-0.4, -0.2) is 45.8 Å². The summed E-state index contributed by atoms with van der Waals surface area (Å²) < 4.78 is 33.2. The van der Waals surface area contributed by atoms with Crippen LogP contribution < -0.4 is 15.0 Å². The second-order valence-electron chi connectivity index (χ2n) is 7.35. The smallest absolute Gasteiger partial charge is 0.259 e. The van der Waals surface area contributed by atoms with Crippen LogP contribution in [-0.2, 0) is 10.0 Å². The lowest BCUT2D eigenvalue weighted by molar-refractivity contribution is 0.102. The number of aryl methyl sites for hydroxylation is 1. The maximum atomic E-state index is 13.0. The maximum absolute atomic E-state index is 13.0. The molecule has 0 saturated carbocycles. The van der Waals surface area contributed by atoms with Gasteiger partial charge in [-0.25, -0.2) is 12.7 Å². The third-order valence-electron chi connectivity index (χ3n) is 5.11. The van der Waals surface area contributed by atoms with Crippen LogP contribution in [0.4, 0.5) is 11.4 Å². The number of hydrogen-bond donors (Lipinski definition) is 1. The van der Waals surface area contributed by atoms with Gasteiger partial charge in [0.05, 0.1) is 16.9 Å². The van der Waals surface area contributed by atoms with Crippen molar-refractivity contribution < 1.29 is 17.9 Å². The molecule has 28 heavy (non-hydrogen) atoms. The van der Waals surface area contributed by atoms with Crippen molar-refractivity contribution in [3.63, 3.8) is 0 Å². The zero-order chi connectivity index (χ0) is 20.1. The lowest BCUT2D eigenvalue weighted by Crippen LogP contribution is -2.27. The van der Waals surface area contributed by atoms with Crippen LogP contribution in [0.15, 0.2) is 35.2 Å². The molecule has 0 spiro atoms. The Kier molecular flexibility index (Phi) is 4.55. The average molecular weight is 401 g/mol. The van der Waals surface area contributed by atoms with Gasteiger partial charge in [0, 0.05) is 33.3 Å². The van der Waals surface area contributed by atoms with Crippen molar-refractivity contribution in [1.29, 1.82) is 0 Å². The van der Waals surface area contributed by atoms with Gasteiger partial charge in [-0.15, -0.1) is 0 Å². The van der Waals surface area contributed by atoms with Gasteiger partial charge in [-0.1, -0.05) is 6.07 Å². The van der Waals surface area contributed by atoms with E-state index in [0.717, 1.165) is 31.5 Å². The van der Waals surface area contributed by atoms with E-state index in [-0.39, 0.29) is 16.4 Å². The van der Waals surface area contributed by atoms with Crippen molar-refractivity contribution in [3.05, 3.63) is 41.5 Å². The zero-order valence-electron chi connectivity index (χ0n) is 16.2. The highest BCUT2D eigenvalue weighted by Crippen LogP contribution is 2.41. The molecule has 2 heterocycles. The molecule has 2 aliphatic heterocycles. The fraction of sp³-hybridized carbons (Fsp3) is 0.350. The molecule has 0 aliphatic carbocycles. The number of fused-ring (bicyclic) bond motifs is 2. The minimum atomic E-state index is -3.73. The number of ether oxygens (including phenoxy) is 1. The minimum absolute atomic E-state index is 0.124. The van der Waals surface area contributed by atoms with E-state index >= 15 is 0 Å². The Morgan fingerprint density at radius 1 is 1.07 bits per heavy atom. The van der Waals surface area contributed by atoms with Gasteiger partial charge < -0.3 is 15.0 Å². The summed E-state index contributed by atoms with van der Waals surface area (Å²) in [7, 11) is -0.752. The molecule has 1 N–H and O–H groups in total. The fourth-order valence-electron chi connectivity index (χ4n) is 3.56. The molecule has 8 heteroatoms.